The van der Waals surface area contributed by atoms with Crippen LogP contribution in [0.5, 0.6) is 0 Å². The van der Waals surface area contributed by atoms with Gasteiger partial charge in [-0.05, 0) is 95.8 Å². The number of para-hydroxylation sites is 1. The lowest BCUT2D eigenvalue weighted by Crippen LogP contribution is -1.99. The third-order valence-electron chi connectivity index (χ3n) is 6.85. The predicted octanol–water partition coefficient (Wildman–Crippen LogP) is 9.31. The molecule has 0 atom stereocenters. The fraction of sp³-hybridized carbons (Fsp3) is 0.152. The Morgan fingerprint density at radius 3 is 2.71 bits per heavy atom. The van der Waals surface area contributed by atoms with Crippen molar-refractivity contribution in [1.82, 2.24) is 4.57 Å². The molecule has 0 fully saturated rings. The molecule has 0 unspecified atom stereocenters. The average Bonchev–Trinajstić information content (AvgIpc) is 3.44. The zero-order valence-corrected chi connectivity index (χ0v) is 20.9. The minimum absolute atomic E-state index is 0.944. The summed E-state index contributed by atoms with van der Waals surface area (Å²) in [4.78, 5) is 2.79. The van der Waals surface area contributed by atoms with Gasteiger partial charge in [0, 0.05) is 28.1 Å². The van der Waals surface area contributed by atoms with E-state index in [1.54, 1.807) is 0 Å². The fourth-order valence-electron chi connectivity index (χ4n) is 5.17. The number of allylic oxidation sites excluding steroid dienone is 6. The smallest absolute Gasteiger partial charge is 0.0538 e. The van der Waals surface area contributed by atoms with Crippen LogP contribution in [0, 0.1) is 0 Å². The van der Waals surface area contributed by atoms with Crippen molar-refractivity contribution in [2.45, 2.75) is 37.5 Å². The summed E-state index contributed by atoms with van der Waals surface area (Å²) in [7, 11) is 0. The first-order chi connectivity index (χ1) is 17.2. The molecule has 0 saturated heterocycles. The number of hydrogen-bond donors (Lipinski definition) is 0. The van der Waals surface area contributed by atoms with E-state index in [9.17, 15) is 0 Å². The van der Waals surface area contributed by atoms with Crippen LogP contribution >= 0.6 is 11.8 Å². The highest BCUT2D eigenvalue weighted by Gasteiger charge is 2.20. The first-order valence-corrected chi connectivity index (χ1v) is 13.2. The summed E-state index contributed by atoms with van der Waals surface area (Å²) >= 11 is 1.90. The first-order valence-electron chi connectivity index (χ1n) is 12.4. The number of aromatic nitrogens is 1. The van der Waals surface area contributed by atoms with E-state index in [0.29, 0.717) is 0 Å². The molecular weight excluding hydrogens is 442 g/mol. The molecule has 6 rings (SSSR count). The van der Waals surface area contributed by atoms with E-state index < -0.39 is 0 Å². The van der Waals surface area contributed by atoms with Gasteiger partial charge >= 0.3 is 0 Å². The van der Waals surface area contributed by atoms with Crippen LogP contribution in [0.3, 0.4) is 0 Å². The highest BCUT2D eigenvalue weighted by Crippen LogP contribution is 2.42. The van der Waals surface area contributed by atoms with E-state index in [4.69, 9.17) is 0 Å². The van der Waals surface area contributed by atoms with Crippen molar-refractivity contribution in [2.75, 3.05) is 0 Å². The van der Waals surface area contributed by atoms with Crippen LogP contribution in [0.1, 0.15) is 36.6 Å². The molecule has 172 valence electrons. The molecule has 1 aliphatic carbocycles. The van der Waals surface area contributed by atoms with Gasteiger partial charge < -0.3 is 4.57 Å². The summed E-state index contributed by atoms with van der Waals surface area (Å²) in [6, 6.07) is 24.7. The molecule has 2 heteroatoms. The molecule has 35 heavy (non-hydrogen) atoms. The van der Waals surface area contributed by atoms with E-state index in [2.05, 4.69) is 115 Å². The molecule has 0 bridgehead atoms. The number of hydrogen-bond acceptors (Lipinski definition) is 1. The molecule has 4 aromatic rings. The van der Waals surface area contributed by atoms with E-state index in [0.717, 1.165) is 25.7 Å². The Bertz CT molecular complexity index is 1530. The van der Waals surface area contributed by atoms with Crippen LogP contribution in [-0.4, -0.2) is 4.57 Å². The van der Waals surface area contributed by atoms with Gasteiger partial charge in [0.25, 0.3) is 0 Å². The minimum atomic E-state index is 0.944. The normalized spacial score (nSPS) is 15.7. The van der Waals surface area contributed by atoms with E-state index in [-0.39, 0.29) is 0 Å². The lowest BCUT2D eigenvalue weighted by atomic mass is 9.97. The Labute approximate surface area is 212 Å². The lowest BCUT2D eigenvalue weighted by Gasteiger charge is -2.11. The van der Waals surface area contributed by atoms with Crippen molar-refractivity contribution in [1.29, 1.82) is 0 Å². The Balaban J connectivity index is 1.36. The molecular formula is C33H29NS. The maximum atomic E-state index is 3.97. The predicted molar refractivity (Wildman–Crippen MR) is 152 cm³/mol. The van der Waals surface area contributed by atoms with E-state index >= 15 is 0 Å². The van der Waals surface area contributed by atoms with Gasteiger partial charge in [-0.15, -0.1) is 0 Å². The maximum Gasteiger partial charge on any atom is 0.0538 e. The molecule has 0 N–H and O–H groups in total. The summed E-state index contributed by atoms with van der Waals surface area (Å²) < 4.78 is 2.42. The van der Waals surface area contributed by atoms with Gasteiger partial charge in [0.15, 0.2) is 0 Å². The van der Waals surface area contributed by atoms with Gasteiger partial charge in [0.1, 0.15) is 0 Å². The summed E-state index contributed by atoms with van der Waals surface area (Å²) in [5, 5.41) is 1.38. The highest BCUT2D eigenvalue weighted by molar-refractivity contribution is 8.03. The molecule has 0 amide bonds. The van der Waals surface area contributed by atoms with Gasteiger partial charge in [0.2, 0.25) is 0 Å². The molecule has 0 spiro atoms. The summed E-state index contributed by atoms with van der Waals surface area (Å²) in [5.41, 5.74) is 10.5. The zero-order chi connectivity index (χ0) is 23.8. The summed E-state index contributed by atoms with van der Waals surface area (Å²) in [6.45, 7) is 6.04. The molecule has 1 aromatic heterocycles. The fourth-order valence-corrected chi connectivity index (χ4v) is 6.23. The van der Waals surface area contributed by atoms with Crippen molar-refractivity contribution < 1.29 is 0 Å². The monoisotopic (exact) mass is 471 g/mol. The molecule has 2 aliphatic rings. The Hall–Kier alpha value is -3.49. The molecule has 3 aromatic carbocycles. The second kappa shape index (κ2) is 9.28. The SMILES string of the molecule is C=C(C)C/C=C\C=C1/Cc2cc(-c3ccc4c(c3)c3c(n4-c4ccccc4)C=CCC3)ccc2S1. The van der Waals surface area contributed by atoms with Crippen LogP contribution < -0.4 is 0 Å². The van der Waals surface area contributed by atoms with Gasteiger partial charge in [0.05, 0.1) is 5.52 Å². The second-order valence-electron chi connectivity index (χ2n) is 9.53. The van der Waals surface area contributed by atoms with Crippen LogP contribution in [0.4, 0.5) is 0 Å². The van der Waals surface area contributed by atoms with Gasteiger partial charge in [-0.2, -0.15) is 0 Å². The van der Waals surface area contributed by atoms with Crippen LogP contribution in [0.25, 0.3) is 33.8 Å². The van der Waals surface area contributed by atoms with Crippen molar-refractivity contribution in [3.8, 4) is 16.8 Å². The zero-order valence-electron chi connectivity index (χ0n) is 20.1. The van der Waals surface area contributed by atoms with Gasteiger partial charge in [-0.3, -0.25) is 0 Å². The first kappa shape index (κ1) is 22.0. The molecule has 0 radical (unpaired) electrons. The third-order valence-corrected chi connectivity index (χ3v) is 8.01. The quantitative estimate of drug-likeness (QED) is 0.263. The molecule has 0 saturated carbocycles. The Morgan fingerprint density at radius 1 is 1.03 bits per heavy atom. The topological polar surface area (TPSA) is 4.93 Å². The van der Waals surface area contributed by atoms with E-state index in [1.807, 2.05) is 11.8 Å². The average molecular weight is 472 g/mol. The molecule has 1 nitrogen and oxygen atoms in total. The largest absolute Gasteiger partial charge is 0.310 e. The number of fused-ring (bicyclic) bond motifs is 4. The van der Waals surface area contributed by atoms with Crippen molar-refractivity contribution >= 4 is 28.7 Å². The molecule has 2 heterocycles. The third kappa shape index (κ3) is 4.24. The number of nitrogens with zero attached hydrogens (tertiary/aromatic N) is 1. The van der Waals surface area contributed by atoms with Crippen LogP contribution in [0.15, 0.2) is 113 Å². The highest BCUT2D eigenvalue weighted by atomic mass is 32.2. The number of thioether (sulfide) groups is 1. The number of aryl methyl sites for hydroxylation is 1. The number of rotatable bonds is 5. The standard InChI is InChI=1S/C33H29NS/c1-23(2)10-6-7-13-28-21-26-20-24(17-19-33(26)35-28)25-16-18-32-30(22-25)29-14-8-9-15-31(29)34(32)27-11-4-3-5-12-27/h3-7,9,11-13,15-20,22H,1,8,10,14,21H2,2H3/b7-6-,28-13+. The Morgan fingerprint density at radius 2 is 1.86 bits per heavy atom. The second-order valence-corrected chi connectivity index (χ2v) is 10.7. The van der Waals surface area contributed by atoms with Crippen molar-refractivity contribution in [2.24, 2.45) is 0 Å². The summed E-state index contributed by atoms with van der Waals surface area (Å²) in [5.74, 6) is 0. The van der Waals surface area contributed by atoms with Crippen LogP contribution in [-0.2, 0) is 12.8 Å². The minimum Gasteiger partial charge on any atom is -0.310 e. The lowest BCUT2D eigenvalue weighted by molar-refractivity contribution is 0.967. The van der Waals surface area contributed by atoms with Gasteiger partial charge in [-0.25, -0.2) is 0 Å². The van der Waals surface area contributed by atoms with Crippen molar-refractivity contribution in [3.63, 3.8) is 0 Å². The van der Waals surface area contributed by atoms with E-state index in [1.165, 1.54) is 59.9 Å². The van der Waals surface area contributed by atoms with Crippen molar-refractivity contribution in [3.05, 3.63) is 125 Å². The maximum absolute atomic E-state index is 3.97. The van der Waals surface area contributed by atoms with Crippen LogP contribution in [0.2, 0.25) is 0 Å². The molecule has 1 aliphatic heterocycles. The number of benzene rings is 3. The van der Waals surface area contributed by atoms with Gasteiger partial charge in [-0.1, -0.05) is 78.5 Å². The Kier molecular flexibility index (Phi) is 5.83. The summed E-state index contributed by atoms with van der Waals surface area (Å²) in [6.07, 6.45) is 15.4.